The van der Waals surface area contributed by atoms with Gasteiger partial charge in [-0.3, -0.25) is 4.79 Å². The lowest BCUT2D eigenvalue weighted by molar-refractivity contribution is 0.102. The molecule has 2 rings (SSSR count). The second-order valence-electron chi connectivity index (χ2n) is 4.23. The molecule has 1 amide bonds. The lowest BCUT2D eigenvalue weighted by Crippen LogP contribution is -2.17. The van der Waals surface area contributed by atoms with Crippen molar-refractivity contribution in [3.05, 3.63) is 52.2 Å². The van der Waals surface area contributed by atoms with Crippen LogP contribution in [-0.4, -0.2) is 10.9 Å². The van der Waals surface area contributed by atoms with Crippen molar-refractivity contribution in [2.75, 3.05) is 10.7 Å². The third-order valence-electron chi connectivity index (χ3n) is 2.84. The van der Waals surface area contributed by atoms with Crippen molar-refractivity contribution in [1.82, 2.24) is 4.98 Å². The number of carbonyl (C=O) groups is 1. The molecule has 2 aromatic rings. The number of rotatable bonds is 3. The SMILES string of the molecule is Cc1cccc(NC(=O)c2nc(NN)ccc2Cl)c1C#N. The Morgan fingerprint density at radius 3 is 2.81 bits per heavy atom. The molecule has 0 atom stereocenters. The molecule has 0 spiro atoms. The Morgan fingerprint density at radius 1 is 1.38 bits per heavy atom. The number of nitrogen functional groups attached to an aromatic ring is 1. The lowest BCUT2D eigenvalue weighted by Gasteiger charge is -2.10. The van der Waals surface area contributed by atoms with Gasteiger partial charge < -0.3 is 10.7 Å². The van der Waals surface area contributed by atoms with Gasteiger partial charge in [-0.2, -0.15) is 5.26 Å². The summed E-state index contributed by atoms with van der Waals surface area (Å²) < 4.78 is 0. The fraction of sp³-hybridized carbons (Fsp3) is 0.0714. The number of nitrogens with one attached hydrogen (secondary N) is 2. The van der Waals surface area contributed by atoms with E-state index in [0.717, 1.165) is 5.56 Å². The average molecular weight is 302 g/mol. The molecule has 0 fully saturated rings. The molecular formula is C14H12ClN5O. The van der Waals surface area contributed by atoms with Gasteiger partial charge in [0.2, 0.25) is 0 Å². The van der Waals surface area contributed by atoms with Gasteiger partial charge in [0.05, 0.1) is 16.3 Å². The molecule has 4 N–H and O–H groups in total. The Morgan fingerprint density at radius 2 is 2.14 bits per heavy atom. The summed E-state index contributed by atoms with van der Waals surface area (Å²) in [6.07, 6.45) is 0. The molecule has 1 aromatic carbocycles. The molecule has 21 heavy (non-hydrogen) atoms. The van der Waals surface area contributed by atoms with Crippen LogP contribution >= 0.6 is 11.6 Å². The second-order valence-corrected chi connectivity index (χ2v) is 4.64. The zero-order valence-electron chi connectivity index (χ0n) is 11.1. The van der Waals surface area contributed by atoms with Crippen molar-refractivity contribution in [2.45, 2.75) is 6.92 Å². The Hall–Kier alpha value is -2.62. The van der Waals surface area contributed by atoms with Crippen molar-refractivity contribution in [3.63, 3.8) is 0 Å². The van der Waals surface area contributed by atoms with Gasteiger partial charge in [-0.25, -0.2) is 10.8 Å². The quantitative estimate of drug-likeness (QED) is 0.597. The molecule has 0 unspecified atom stereocenters. The van der Waals surface area contributed by atoms with Crippen LogP contribution in [-0.2, 0) is 0 Å². The van der Waals surface area contributed by atoms with Crippen LogP contribution in [0.5, 0.6) is 0 Å². The number of hydrogen-bond acceptors (Lipinski definition) is 5. The first kappa shape index (κ1) is 14.8. The van der Waals surface area contributed by atoms with E-state index < -0.39 is 5.91 Å². The summed E-state index contributed by atoms with van der Waals surface area (Å²) in [4.78, 5) is 16.2. The number of nitriles is 1. The van der Waals surface area contributed by atoms with E-state index in [2.05, 4.69) is 21.8 Å². The first-order valence-electron chi connectivity index (χ1n) is 6.01. The number of benzene rings is 1. The van der Waals surface area contributed by atoms with Crippen LogP contribution in [0.1, 0.15) is 21.6 Å². The minimum absolute atomic E-state index is 0.0255. The van der Waals surface area contributed by atoms with E-state index in [0.29, 0.717) is 17.1 Å². The maximum atomic E-state index is 12.2. The molecule has 0 saturated heterocycles. The minimum atomic E-state index is -0.515. The third kappa shape index (κ3) is 3.11. The third-order valence-corrected chi connectivity index (χ3v) is 3.15. The second kappa shape index (κ2) is 6.22. The molecule has 0 aliphatic carbocycles. The first-order chi connectivity index (χ1) is 10.1. The Kier molecular flexibility index (Phi) is 4.38. The van der Waals surface area contributed by atoms with Crippen LogP contribution in [0.2, 0.25) is 5.02 Å². The summed E-state index contributed by atoms with van der Waals surface area (Å²) in [6.45, 7) is 1.79. The van der Waals surface area contributed by atoms with E-state index in [4.69, 9.17) is 22.7 Å². The van der Waals surface area contributed by atoms with Gasteiger partial charge in [0.15, 0.2) is 0 Å². The Balaban J connectivity index is 2.35. The van der Waals surface area contributed by atoms with E-state index in [9.17, 15) is 4.79 Å². The summed E-state index contributed by atoms with van der Waals surface area (Å²) in [5.74, 6) is 5.06. The molecule has 7 heteroatoms. The summed E-state index contributed by atoms with van der Waals surface area (Å²) in [5.41, 5.74) is 3.95. The van der Waals surface area contributed by atoms with Crippen molar-refractivity contribution >= 4 is 29.0 Å². The molecule has 0 saturated carbocycles. The number of nitrogens with two attached hydrogens (primary N) is 1. The molecule has 6 nitrogen and oxygen atoms in total. The maximum absolute atomic E-state index is 12.2. The van der Waals surface area contributed by atoms with Gasteiger partial charge >= 0.3 is 0 Å². The number of halogens is 1. The van der Waals surface area contributed by atoms with E-state index in [1.165, 1.54) is 6.07 Å². The van der Waals surface area contributed by atoms with Crippen molar-refractivity contribution in [1.29, 1.82) is 5.26 Å². The molecular weight excluding hydrogens is 290 g/mol. The number of aryl methyl sites for hydroxylation is 1. The largest absolute Gasteiger partial charge is 0.319 e. The number of hydrazine groups is 1. The summed E-state index contributed by atoms with van der Waals surface area (Å²) in [6, 6.07) is 10.3. The molecule has 0 aliphatic heterocycles. The Bertz CT molecular complexity index is 739. The fourth-order valence-electron chi connectivity index (χ4n) is 1.78. The van der Waals surface area contributed by atoms with Crippen LogP contribution in [0, 0.1) is 18.3 Å². The topological polar surface area (TPSA) is 104 Å². The first-order valence-corrected chi connectivity index (χ1v) is 6.39. The standard InChI is InChI=1S/C14H12ClN5O/c1-8-3-2-4-11(9(8)7-16)18-14(21)13-10(15)5-6-12(19-13)20-17/h2-6H,17H2,1H3,(H,18,21)(H,19,20). The predicted octanol–water partition coefficient (Wildman–Crippen LogP) is 2.45. The summed E-state index contributed by atoms with van der Waals surface area (Å²) in [7, 11) is 0. The highest BCUT2D eigenvalue weighted by atomic mass is 35.5. The zero-order valence-corrected chi connectivity index (χ0v) is 11.9. The van der Waals surface area contributed by atoms with E-state index in [1.54, 1.807) is 31.2 Å². The average Bonchev–Trinajstić information content (AvgIpc) is 2.48. The normalized spacial score (nSPS) is 9.81. The molecule has 1 aromatic heterocycles. The number of carbonyl (C=O) groups excluding carboxylic acids is 1. The Labute approximate surface area is 126 Å². The van der Waals surface area contributed by atoms with Crippen molar-refractivity contribution in [3.8, 4) is 6.07 Å². The van der Waals surface area contributed by atoms with E-state index in [1.807, 2.05) is 0 Å². The molecule has 0 aliphatic rings. The lowest BCUT2D eigenvalue weighted by atomic mass is 10.1. The number of hydrogen-bond donors (Lipinski definition) is 3. The number of anilines is 2. The van der Waals surface area contributed by atoms with Crippen LogP contribution in [0.15, 0.2) is 30.3 Å². The van der Waals surface area contributed by atoms with Gasteiger partial charge in [0.1, 0.15) is 17.6 Å². The molecule has 106 valence electrons. The van der Waals surface area contributed by atoms with Crippen LogP contribution in [0.25, 0.3) is 0 Å². The van der Waals surface area contributed by atoms with Crippen molar-refractivity contribution < 1.29 is 4.79 Å². The minimum Gasteiger partial charge on any atom is -0.319 e. The van der Waals surface area contributed by atoms with Crippen molar-refractivity contribution in [2.24, 2.45) is 5.84 Å². The van der Waals surface area contributed by atoms with E-state index in [-0.39, 0.29) is 10.7 Å². The number of aromatic nitrogens is 1. The molecule has 0 bridgehead atoms. The van der Waals surface area contributed by atoms with Crippen LogP contribution in [0.3, 0.4) is 0 Å². The van der Waals surface area contributed by atoms with E-state index >= 15 is 0 Å². The predicted molar refractivity (Wildman–Crippen MR) is 80.9 cm³/mol. The zero-order chi connectivity index (χ0) is 15.4. The van der Waals surface area contributed by atoms with Gasteiger partial charge in [-0.15, -0.1) is 0 Å². The van der Waals surface area contributed by atoms with Gasteiger partial charge in [0.25, 0.3) is 5.91 Å². The molecule has 0 radical (unpaired) electrons. The number of amides is 1. The smallest absolute Gasteiger partial charge is 0.275 e. The van der Waals surface area contributed by atoms with Gasteiger partial charge in [0, 0.05) is 0 Å². The van der Waals surface area contributed by atoms with Crippen LogP contribution in [0.4, 0.5) is 11.5 Å². The molecule has 1 heterocycles. The number of nitrogens with zero attached hydrogens (tertiary/aromatic N) is 2. The monoisotopic (exact) mass is 301 g/mol. The maximum Gasteiger partial charge on any atom is 0.275 e. The van der Waals surface area contributed by atoms with Gasteiger partial charge in [-0.1, -0.05) is 23.7 Å². The fourth-order valence-corrected chi connectivity index (χ4v) is 1.97. The highest BCUT2D eigenvalue weighted by Gasteiger charge is 2.15. The number of pyridine rings is 1. The summed E-state index contributed by atoms with van der Waals surface area (Å²) >= 11 is 5.96. The van der Waals surface area contributed by atoms with Gasteiger partial charge in [-0.05, 0) is 30.7 Å². The summed E-state index contributed by atoms with van der Waals surface area (Å²) in [5, 5.41) is 12.0. The highest BCUT2D eigenvalue weighted by Crippen LogP contribution is 2.21. The van der Waals surface area contributed by atoms with Crippen LogP contribution < -0.4 is 16.6 Å². The highest BCUT2D eigenvalue weighted by molar-refractivity contribution is 6.34.